The topological polar surface area (TPSA) is 52.0 Å². The quantitative estimate of drug-likeness (QED) is 0.807. The maximum Gasteiger partial charge on any atom is 0.219 e. The molecule has 114 valence electrons. The lowest BCUT2D eigenvalue weighted by molar-refractivity contribution is 0.459. The van der Waals surface area contributed by atoms with E-state index in [1.165, 1.54) is 0 Å². The van der Waals surface area contributed by atoms with Crippen LogP contribution < -0.4 is 10.1 Å². The van der Waals surface area contributed by atoms with Crippen molar-refractivity contribution in [2.75, 3.05) is 6.54 Å². The van der Waals surface area contributed by atoms with Gasteiger partial charge in [-0.1, -0.05) is 19.9 Å². The first-order valence-corrected chi connectivity index (χ1v) is 7.62. The number of aryl methyl sites for hydroxylation is 1. The number of hydrogen-bond donors (Lipinski definition) is 1. The minimum atomic E-state index is 0.304. The molecule has 2 aromatic heterocycles. The molecule has 0 saturated carbocycles. The molecule has 0 aliphatic carbocycles. The van der Waals surface area contributed by atoms with Crippen molar-refractivity contribution in [1.82, 2.24) is 20.1 Å². The summed E-state index contributed by atoms with van der Waals surface area (Å²) in [6.07, 6.45) is 7.65. The fourth-order valence-electron chi connectivity index (χ4n) is 2.06. The standard InChI is InChI=1S/C16H24N4O/c1-4-8-17-13(3)14-6-7-16(18-10-14)21-15-11-19-20(12-15)9-5-2/h6-7,10-13,17H,4-5,8-9H2,1-3H3. The van der Waals surface area contributed by atoms with E-state index in [0.717, 1.165) is 37.2 Å². The highest BCUT2D eigenvalue weighted by atomic mass is 16.5. The number of rotatable bonds is 8. The van der Waals surface area contributed by atoms with Gasteiger partial charge in [-0.25, -0.2) is 4.98 Å². The lowest BCUT2D eigenvalue weighted by Crippen LogP contribution is -2.19. The van der Waals surface area contributed by atoms with E-state index in [1.54, 1.807) is 6.20 Å². The molecule has 0 fully saturated rings. The lowest BCUT2D eigenvalue weighted by Gasteiger charge is -2.13. The van der Waals surface area contributed by atoms with E-state index in [4.69, 9.17) is 4.74 Å². The third kappa shape index (κ3) is 4.56. The minimum Gasteiger partial charge on any atom is -0.436 e. The first-order valence-electron chi connectivity index (χ1n) is 7.62. The van der Waals surface area contributed by atoms with Gasteiger partial charge in [0.05, 0.1) is 12.4 Å². The van der Waals surface area contributed by atoms with Crippen molar-refractivity contribution in [3.63, 3.8) is 0 Å². The molecule has 2 heterocycles. The van der Waals surface area contributed by atoms with Crippen LogP contribution >= 0.6 is 0 Å². The highest BCUT2D eigenvalue weighted by Crippen LogP contribution is 2.20. The van der Waals surface area contributed by atoms with Crippen molar-refractivity contribution in [2.45, 2.75) is 46.2 Å². The molecular formula is C16H24N4O. The average molecular weight is 288 g/mol. The Hall–Kier alpha value is -1.88. The molecule has 0 saturated heterocycles. The smallest absolute Gasteiger partial charge is 0.219 e. The van der Waals surface area contributed by atoms with E-state index in [-0.39, 0.29) is 0 Å². The van der Waals surface area contributed by atoms with Gasteiger partial charge in [0.2, 0.25) is 5.88 Å². The molecule has 5 heteroatoms. The van der Waals surface area contributed by atoms with Gasteiger partial charge in [-0.05, 0) is 31.9 Å². The Morgan fingerprint density at radius 2 is 2.10 bits per heavy atom. The summed E-state index contributed by atoms with van der Waals surface area (Å²) in [4.78, 5) is 4.36. The molecule has 2 rings (SSSR count). The van der Waals surface area contributed by atoms with Gasteiger partial charge in [0.25, 0.3) is 0 Å². The van der Waals surface area contributed by atoms with Crippen LogP contribution in [0.3, 0.4) is 0 Å². The van der Waals surface area contributed by atoms with Gasteiger partial charge in [-0.15, -0.1) is 0 Å². The zero-order valence-electron chi connectivity index (χ0n) is 13.0. The Kier molecular flexibility index (Phi) is 5.75. The summed E-state index contributed by atoms with van der Waals surface area (Å²) in [5.74, 6) is 1.32. The van der Waals surface area contributed by atoms with Gasteiger partial charge >= 0.3 is 0 Å². The molecule has 1 unspecified atom stereocenters. The Morgan fingerprint density at radius 1 is 1.24 bits per heavy atom. The van der Waals surface area contributed by atoms with Crippen molar-refractivity contribution in [3.8, 4) is 11.6 Å². The molecule has 0 aliphatic heterocycles. The van der Waals surface area contributed by atoms with Crippen molar-refractivity contribution < 1.29 is 4.74 Å². The van der Waals surface area contributed by atoms with E-state index < -0.39 is 0 Å². The first-order chi connectivity index (χ1) is 10.2. The molecular weight excluding hydrogens is 264 g/mol. The predicted octanol–water partition coefficient (Wildman–Crippen LogP) is 3.54. The van der Waals surface area contributed by atoms with Crippen LogP contribution in [-0.2, 0) is 6.54 Å². The maximum absolute atomic E-state index is 5.71. The zero-order chi connectivity index (χ0) is 15.1. The van der Waals surface area contributed by atoms with Gasteiger partial charge in [-0.3, -0.25) is 4.68 Å². The molecule has 1 N–H and O–H groups in total. The van der Waals surface area contributed by atoms with Crippen LogP contribution in [0.15, 0.2) is 30.7 Å². The summed E-state index contributed by atoms with van der Waals surface area (Å²) in [5.41, 5.74) is 1.16. The summed E-state index contributed by atoms with van der Waals surface area (Å²) in [6, 6.07) is 4.25. The third-order valence-corrected chi connectivity index (χ3v) is 3.24. The zero-order valence-corrected chi connectivity index (χ0v) is 13.0. The van der Waals surface area contributed by atoms with E-state index in [1.807, 2.05) is 29.2 Å². The molecule has 5 nitrogen and oxygen atoms in total. The summed E-state index contributed by atoms with van der Waals surface area (Å²) < 4.78 is 7.58. The summed E-state index contributed by atoms with van der Waals surface area (Å²) in [5, 5.41) is 7.68. The van der Waals surface area contributed by atoms with Crippen molar-refractivity contribution in [1.29, 1.82) is 0 Å². The van der Waals surface area contributed by atoms with Gasteiger partial charge in [-0.2, -0.15) is 5.10 Å². The number of hydrogen-bond acceptors (Lipinski definition) is 4. The summed E-state index contributed by atoms with van der Waals surface area (Å²) in [7, 11) is 0. The number of nitrogens with zero attached hydrogens (tertiary/aromatic N) is 3. The van der Waals surface area contributed by atoms with Crippen molar-refractivity contribution in [3.05, 3.63) is 36.3 Å². The predicted molar refractivity (Wildman–Crippen MR) is 83.5 cm³/mol. The van der Waals surface area contributed by atoms with Crippen LogP contribution in [0, 0.1) is 0 Å². The third-order valence-electron chi connectivity index (χ3n) is 3.24. The fourth-order valence-corrected chi connectivity index (χ4v) is 2.06. The Bertz CT molecular complexity index is 535. The molecule has 0 aliphatic rings. The Morgan fingerprint density at radius 3 is 2.76 bits per heavy atom. The second-order valence-electron chi connectivity index (χ2n) is 5.15. The number of aromatic nitrogens is 3. The van der Waals surface area contributed by atoms with Crippen LogP contribution in [0.25, 0.3) is 0 Å². The SMILES string of the molecule is CCCNC(C)c1ccc(Oc2cnn(CCC)c2)nc1. The van der Waals surface area contributed by atoms with E-state index in [0.29, 0.717) is 11.9 Å². The molecule has 0 aromatic carbocycles. The number of pyridine rings is 1. The first kappa shape index (κ1) is 15.5. The average Bonchev–Trinajstić information content (AvgIpc) is 2.93. The Balaban J connectivity index is 1.95. The minimum absolute atomic E-state index is 0.304. The lowest BCUT2D eigenvalue weighted by atomic mass is 10.1. The van der Waals surface area contributed by atoms with E-state index >= 15 is 0 Å². The maximum atomic E-state index is 5.71. The Labute approximate surface area is 126 Å². The van der Waals surface area contributed by atoms with Gasteiger partial charge in [0.15, 0.2) is 5.75 Å². The molecule has 2 aromatic rings. The number of ether oxygens (including phenoxy) is 1. The second-order valence-corrected chi connectivity index (χ2v) is 5.15. The molecule has 0 amide bonds. The van der Waals surface area contributed by atoms with Crippen LogP contribution in [-0.4, -0.2) is 21.3 Å². The van der Waals surface area contributed by atoms with Gasteiger partial charge in [0.1, 0.15) is 0 Å². The molecule has 1 atom stereocenters. The van der Waals surface area contributed by atoms with Crippen LogP contribution in [0.2, 0.25) is 0 Å². The summed E-state index contributed by atoms with van der Waals surface area (Å²) >= 11 is 0. The monoisotopic (exact) mass is 288 g/mol. The molecule has 0 bridgehead atoms. The van der Waals surface area contributed by atoms with E-state index in [9.17, 15) is 0 Å². The van der Waals surface area contributed by atoms with Crippen LogP contribution in [0.1, 0.15) is 45.2 Å². The molecule has 21 heavy (non-hydrogen) atoms. The van der Waals surface area contributed by atoms with Crippen LogP contribution in [0.4, 0.5) is 0 Å². The van der Waals surface area contributed by atoms with Gasteiger partial charge in [0, 0.05) is 24.8 Å². The second kappa shape index (κ2) is 7.78. The van der Waals surface area contributed by atoms with Crippen molar-refractivity contribution in [2.24, 2.45) is 0 Å². The van der Waals surface area contributed by atoms with Gasteiger partial charge < -0.3 is 10.1 Å². The normalized spacial score (nSPS) is 12.3. The fraction of sp³-hybridized carbons (Fsp3) is 0.500. The highest BCUT2D eigenvalue weighted by Gasteiger charge is 2.06. The number of nitrogens with one attached hydrogen (secondary N) is 1. The van der Waals surface area contributed by atoms with Crippen LogP contribution in [0.5, 0.6) is 11.6 Å². The van der Waals surface area contributed by atoms with Crippen molar-refractivity contribution >= 4 is 0 Å². The summed E-state index contributed by atoms with van der Waals surface area (Å²) in [6.45, 7) is 8.33. The molecule has 0 radical (unpaired) electrons. The van der Waals surface area contributed by atoms with E-state index in [2.05, 4.69) is 36.2 Å². The molecule has 0 spiro atoms. The highest BCUT2D eigenvalue weighted by molar-refractivity contribution is 5.25. The largest absolute Gasteiger partial charge is 0.436 e.